The van der Waals surface area contributed by atoms with Gasteiger partial charge in [0.05, 0.1) is 11.4 Å². The summed E-state index contributed by atoms with van der Waals surface area (Å²) in [6.07, 6.45) is 0. The van der Waals surface area contributed by atoms with Gasteiger partial charge in [0, 0.05) is 12.2 Å². The van der Waals surface area contributed by atoms with E-state index in [0.29, 0.717) is 11.4 Å². The smallest absolute Gasteiger partial charge is 0.125 e. The highest BCUT2D eigenvalue weighted by atomic mass is 19.1. The number of para-hydroxylation sites is 1. The summed E-state index contributed by atoms with van der Waals surface area (Å²) >= 11 is 0. The van der Waals surface area contributed by atoms with E-state index in [4.69, 9.17) is 5.73 Å². The predicted molar refractivity (Wildman–Crippen MR) is 74.7 cm³/mol. The first kappa shape index (κ1) is 12.4. The first-order chi connectivity index (χ1) is 8.63. The molecule has 2 nitrogen and oxygen atoms in total. The van der Waals surface area contributed by atoms with Crippen LogP contribution >= 0.6 is 0 Å². The quantitative estimate of drug-likeness (QED) is 0.830. The summed E-state index contributed by atoms with van der Waals surface area (Å²) in [5.41, 5.74) is 9.44. The molecule has 0 aliphatic rings. The van der Waals surface area contributed by atoms with Crippen LogP contribution in [0, 0.1) is 12.7 Å². The van der Waals surface area contributed by atoms with E-state index in [2.05, 4.69) is 0 Å². The minimum atomic E-state index is -0.272. The third-order valence-corrected chi connectivity index (χ3v) is 3.01. The molecule has 0 unspecified atom stereocenters. The summed E-state index contributed by atoms with van der Waals surface area (Å²) in [7, 11) is 0. The van der Waals surface area contributed by atoms with Gasteiger partial charge in [0.2, 0.25) is 0 Å². The normalized spacial score (nSPS) is 10.4. The zero-order valence-corrected chi connectivity index (χ0v) is 10.7. The fraction of sp³-hybridized carbons (Fsp3) is 0.200. The van der Waals surface area contributed by atoms with Gasteiger partial charge in [-0.3, -0.25) is 0 Å². The molecular formula is C15H17FN2. The second-order valence-corrected chi connectivity index (χ2v) is 4.23. The van der Waals surface area contributed by atoms with Gasteiger partial charge in [-0.15, -0.1) is 0 Å². The number of aryl methyl sites for hydroxylation is 1. The van der Waals surface area contributed by atoms with E-state index >= 15 is 0 Å². The maximum absolute atomic E-state index is 13.4. The van der Waals surface area contributed by atoms with Crippen molar-refractivity contribution >= 4 is 17.1 Å². The van der Waals surface area contributed by atoms with Gasteiger partial charge < -0.3 is 10.6 Å². The largest absolute Gasteiger partial charge is 0.397 e. The summed E-state index contributed by atoms with van der Waals surface area (Å²) in [6.45, 7) is 4.79. The van der Waals surface area contributed by atoms with Crippen LogP contribution < -0.4 is 10.6 Å². The Labute approximate surface area is 107 Å². The predicted octanol–water partition coefficient (Wildman–Crippen LogP) is 3.87. The Balaban J connectivity index is 2.52. The molecule has 2 rings (SSSR count). The molecule has 18 heavy (non-hydrogen) atoms. The SMILES string of the molecule is CCN(c1ccccc1C)c1cc(F)ccc1N. The van der Waals surface area contributed by atoms with Crippen LogP contribution in [0.25, 0.3) is 0 Å². The molecule has 0 spiro atoms. The first-order valence-corrected chi connectivity index (χ1v) is 6.01. The van der Waals surface area contributed by atoms with Gasteiger partial charge in [-0.25, -0.2) is 4.39 Å². The zero-order chi connectivity index (χ0) is 13.1. The van der Waals surface area contributed by atoms with Crippen molar-refractivity contribution in [3.63, 3.8) is 0 Å². The van der Waals surface area contributed by atoms with E-state index in [-0.39, 0.29) is 5.82 Å². The number of halogens is 1. The molecule has 0 radical (unpaired) electrons. The number of hydrogen-bond acceptors (Lipinski definition) is 2. The lowest BCUT2D eigenvalue weighted by Crippen LogP contribution is -2.18. The van der Waals surface area contributed by atoms with Crippen molar-refractivity contribution in [1.82, 2.24) is 0 Å². The average Bonchev–Trinajstić information content (AvgIpc) is 2.36. The number of nitrogens with zero attached hydrogens (tertiary/aromatic N) is 1. The molecule has 3 heteroatoms. The van der Waals surface area contributed by atoms with E-state index in [1.54, 1.807) is 6.07 Å². The lowest BCUT2D eigenvalue weighted by molar-refractivity contribution is 0.628. The monoisotopic (exact) mass is 244 g/mol. The number of anilines is 3. The Morgan fingerprint density at radius 3 is 2.50 bits per heavy atom. The van der Waals surface area contributed by atoms with E-state index < -0.39 is 0 Å². The molecule has 0 heterocycles. The summed E-state index contributed by atoms with van der Waals surface area (Å²) in [6, 6.07) is 12.5. The summed E-state index contributed by atoms with van der Waals surface area (Å²) in [4.78, 5) is 2.02. The Morgan fingerprint density at radius 2 is 1.83 bits per heavy atom. The van der Waals surface area contributed by atoms with Crippen molar-refractivity contribution in [2.45, 2.75) is 13.8 Å². The summed E-state index contributed by atoms with van der Waals surface area (Å²) in [5, 5.41) is 0. The van der Waals surface area contributed by atoms with Crippen LogP contribution in [0.2, 0.25) is 0 Å². The van der Waals surface area contributed by atoms with Crippen molar-refractivity contribution in [1.29, 1.82) is 0 Å². The van der Waals surface area contributed by atoms with Gasteiger partial charge in [-0.2, -0.15) is 0 Å². The topological polar surface area (TPSA) is 29.3 Å². The Bertz CT molecular complexity index is 552. The van der Waals surface area contributed by atoms with Crippen LogP contribution in [-0.4, -0.2) is 6.54 Å². The summed E-state index contributed by atoms with van der Waals surface area (Å²) < 4.78 is 13.4. The Morgan fingerprint density at radius 1 is 1.11 bits per heavy atom. The Kier molecular flexibility index (Phi) is 3.51. The second kappa shape index (κ2) is 5.08. The molecule has 94 valence electrons. The lowest BCUT2D eigenvalue weighted by atomic mass is 10.1. The molecule has 0 aliphatic heterocycles. The van der Waals surface area contributed by atoms with Gasteiger partial charge >= 0.3 is 0 Å². The molecule has 0 aromatic heterocycles. The van der Waals surface area contributed by atoms with E-state index in [1.165, 1.54) is 12.1 Å². The van der Waals surface area contributed by atoms with Crippen LogP contribution in [0.5, 0.6) is 0 Å². The van der Waals surface area contributed by atoms with E-state index in [0.717, 1.165) is 17.8 Å². The summed E-state index contributed by atoms with van der Waals surface area (Å²) in [5.74, 6) is -0.272. The van der Waals surface area contributed by atoms with Crippen LogP contribution in [0.15, 0.2) is 42.5 Å². The number of hydrogen-bond donors (Lipinski definition) is 1. The third-order valence-electron chi connectivity index (χ3n) is 3.01. The van der Waals surface area contributed by atoms with E-state index in [9.17, 15) is 4.39 Å². The molecule has 0 aliphatic carbocycles. The first-order valence-electron chi connectivity index (χ1n) is 6.01. The van der Waals surface area contributed by atoms with Crippen LogP contribution in [0.3, 0.4) is 0 Å². The van der Waals surface area contributed by atoms with Gasteiger partial charge in [-0.1, -0.05) is 18.2 Å². The highest BCUT2D eigenvalue weighted by Crippen LogP contribution is 2.32. The molecule has 2 aromatic rings. The van der Waals surface area contributed by atoms with Gasteiger partial charge in [0.25, 0.3) is 0 Å². The van der Waals surface area contributed by atoms with Gasteiger partial charge in [-0.05, 0) is 43.7 Å². The maximum Gasteiger partial charge on any atom is 0.125 e. The van der Waals surface area contributed by atoms with Crippen LogP contribution in [-0.2, 0) is 0 Å². The lowest BCUT2D eigenvalue weighted by Gasteiger charge is -2.26. The minimum Gasteiger partial charge on any atom is -0.397 e. The molecule has 0 bridgehead atoms. The number of rotatable bonds is 3. The number of nitrogens with two attached hydrogens (primary N) is 1. The zero-order valence-electron chi connectivity index (χ0n) is 10.7. The molecule has 0 atom stereocenters. The number of nitrogen functional groups attached to an aromatic ring is 1. The van der Waals surface area contributed by atoms with Crippen LogP contribution in [0.4, 0.5) is 21.5 Å². The van der Waals surface area contributed by atoms with Gasteiger partial charge in [0.15, 0.2) is 0 Å². The van der Waals surface area contributed by atoms with E-state index in [1.807, 2.05) is 43.0 Å². The minimum absolute atomic E-state index is 0.272. The molecule has 0 amide bonds. The molecule has 2 N–H and O–H groups in total. The average molecular weight is 244 g/mol. The number of benzene rings is 2. The Hall–Kier alpha value is -2.03. The standard InChI is InChI=1S/C15H17FN2/c1-3-18(14-7-5-4-6-11(14)2)15-10-12(16)8-9-13(15)17/h4-10H,3,17H2,1-2H3. The van der Waals surface area contributed by atoms with Crippen molar-refractivity contribution in [2.24, 2.45) is 0 Å². The third kappa shape index (κ3) is 2.30. The second-order valence-electron chi connectivity index (χ2n) is 4.23. The maximum atomic E-state index is 13.4. The molecule has 2 aromatic carbocycles. The van der Waals surface area contributed by atoms with Crippen molar-refractivity contribution < 1.29 is 4.39 Å². The fourth-order valence-electron chi connectivity index (χ4n) is 2.09. The molecular weight excluding hydrogens is 227 g/mol. The molecule has 0 saturated heterocycles. The molecule has 0 fully saturated rings. The fourth-order valence-corrected chi connectivity index (χ4v) is 2.09. The van der Waals surface area contributed by atoms with Crippen molar-refractivity contribution in [3.8, 4) is 0 Å². The van der Waals surface area contributed by atoms with Crippen molar-refractivity contribution in [2.75, 3.05) is 17.2 Å². The highest BCUT2D eigenvalue weighted by Gasteiger charge is 2.12. The van der Waals surface area contributed by atoms with Crippen LogP contribution in [0.1, 0.15) is 12.5 Å². The van der Waals surface area contributed by atoms with Gasteiger partial charge in [0.1, 0.15) is 5.82 Å². The van der Waals surface area contributed by atoms with Crippen molar-refractivity contribution in [3.05, 3.63) is 53.8 Å². The highest BCUT2D eigenvalue weighted by molar-refractivity contribution is 5.76. The molecule has 0 saturated carbocycles.